The van der Waals surface area contributed by atoms with Crippen LogP contribution in [0.25, 0.3) is 0 Å². The van der Waals surface area contributed by atoms with Crippen molar-refractivity contribution in [2.24, 2.45) is 11.7 Å². The fourth-order valence-corrected chi connectivity index (χ4v) is 2.46. The lowest BCUT2D eigenvalue weighted by Gasteiger charge is -2.27. The molecule has 0 bridgehead atoms. The Kier molecular flexibility index (Phi) is 5.12. The van der Waals surface area contributed by atoms with Crippen LogP contribution in [0, 0.1) is 5.92 Å². The molecule has 0 heterocycles. The SMILES string of the molecule is CC(C)[C@H](NC(c1ccccc1)c1ccccc1)C(N)=O. The van der Waals surface area contributed by atoms with Crippen molar-refractivity contribution in [3.05, 3.63) is 71.8 Å². The first kappa shape index (κ1) is 15.3. The zero-order valence-corrected chi connectivity index (χ0v) is 12.5. The maximum atomic E-state index is 11.7. The number of primary amides is 1. The number of carbonyl (C=O) groups excluding carboxylic acids is 1. The molecule has 3 nitrogen and oxygen atoms in total. The number of rotatable bonds is 6. The van der Waals surface area contributed by atoms with Gasteiger partial charge in [0.15, 0.2) is 0 Å². The smallest absolute Gasteiger partial charge is 0.234 e. The highest BCUT2D eigenvalue weighted by atomic mass is 16.1. The first-order valence-electron chi connectivity index (χ1n) is 7.25. The van der Waals surface area contributed by atoms with Crippen LogP contribution >= 0.6 is 0 Å². The van der Waals surface area contributed by atoms with Crippen LogP contribution in [0.4, 0.5) is 0 Å². The van der Waals surface area contributed by atoms with Crippen LogP contribution in [0.3, 0.4) is 0 Å². The Morgan fingerprint density at radius 2 is 1.33 bits per heavy atom. The molecule has 110 valence electrons. The minimum atomic E-state index is -0.365. The van der Waals surface area contributed by atoms with Gasteiger partial charge in [0, 0.05) is 0 Å². The zero-order valence-electron chi connectivity index (χ0n) is 12.5. The predicted molar refractivity (Wildman–Crippen MR) is 85.7 cm³/mol. The average molecular weight is 282 g/mol. The summed E-state index contributed by atoms with van der Waals surface area (Å²) in [4.78, 5) is 11.7. The van der Waals surface area contributed by atoms with Crippen molar-refractivity contribution in [2.75, 3.05) is 0 Å². The fraction of sp³-hybridized carbons (Fsp3) is 0.278. The van der Waals surface area contributed by atoms with Gasteiger partial charge < -0.3 is 5.73 Å². The largest absolute Gasteiger partial charge is 0.368 e. The summed E-state index contributed by atoms with van der Waals surface area (Å²) in [5.41, 5.74) is 7.78. The third-order valence-electron chi connectivity index (χ3n) is 3.59. The molecule has 3 heteroatoms. The standard InChI is InChI=1S/C18H22N2O/c1-13(2)16(18(19)21)20-17(14-9-5-3-6-10-14)15-11-7-4-8-12-15/h3-13,16-17,20H,1-2H3,(H2,19,21)/t16-/m0/s1. The Morgan fingerprint density at radius 1 is 0.905 bits per heavy atom. The Bertz CT molecular complexity index is 527. The van der Waals surface area contributed by atoms with Crippen molar-refractivity contribution in [1.29, 1.82) is 0 Å². The lowest BCUT2D eigenvalue weighted by Crippen LogP contribution is -2.46. The van der Waals surface area contributed by atoms with Gasteiger partial charge in [0.25, 0.3) is 0 Å². The van der Waals surface area contributed by atoms with Gasteiger partial charge in [-0.2, -0.15) is 0 Å². The van der Waals surface area contributed by atoms with Crippen molar-refractivity contribution in [2.45, 2.75) is 25.9 Å². The molecule has 3 N–H and O–H groups in total. The molecule has 1 amide bonds. The second-order valence-electron chi connectivity index (χ2n) is 5.55. The molecule has 0 spiro atoms. The molecule has 2 aromatic carbocycles. The summed E-state index contributed by atoms with van der Waals surface area (Å²) in [7, 11) is 0. The van der Waals surface area contributed by atoms with Crippen molar-refractivity contribution in [1.82, 2.24) is 5.32 Å². The highest BCUT2D eigenvalue weighted by molar-refractivity contribution is 5.80. The monoisotopic (exact) mass is 282 g/mol. The number of carbonyl (C=O) groups is 1. The second kappa shape index (κ2) is 7.04. The summed E-state index contributed by atoms with van der Waals surface area (Å²) in [6.45, 7) is 3.99. The normalized spacial score (nSPS) is 12.6. The summed E-state index contributed by atoms with van der Waals surface area (Å²) >= 11 is 0. The summed E-state index contributed by atoms with van der Waals surface area (Å²) in [6, 6.07) is 19.8. The van der Waals surface area contributed by atoms with E-state index in [1.807, 2.05) is 50.2 Å². The van der Waals surface area contributed by atoms with Gasteiger partial charge in [0.1, 0.15) is 0 Å². The van der Waals surface area contributed by atoms with Gasteiger partial charge in [-0.15, -0.1) is 0 Å². The van der Waals surface area contributed by atoms with Gasteiger partial charge >= 0.3 is 0 Å². The van der Waals surface area contributed by atoms with E-state index in [0.29, 0.717) is 0 Å². The van der Waals surface area contributed by atoms with Crippen LogP contribution < -0.4 is 11.1 Å². The van der Waals surface area contributed by atoms with Gasteiger partial charge in [-0.1, -0.05) is 74.5 Å². The first-order valence-corrected chi connectivity index (χ1v) is 7.25. The third kappa shape index (κ3) is 3.92. The molecule has 2 aromatic rings. The topological polar surface area (TPSA) is 55.1 Å². The highest BCUT2D eigenvalue weighted by Crippen LogP contribution is 2.23. The van der Waals surface area contributed by atoms with E-state index < -0.39 is 0 Å². The number of nitrogens with two attached hydrogens (primary N) is 1. The maximum Gasteiger partial charge on any atom is 0.234 e. The summed E-state index contributed by atoms with van der Waals surface area (Å²) < 4.78 is 0. The van der Waals surface area contributed by atoms with E-state index in [-0.39, 0.29) is 23.9 Å². The van der Waals surface area contributed by atoms with Crippen molar-refractivity contribution in [3.63, 3.8) is 0 Å². The van der Waals surface area contributed by atoms with Crippen LogP contribution in [-0.2, 0) is 4.79 Å². The molecule has 0 saturated heterocycles. The van der Waals surface area contributed by atoms with E-state index in [1.54, 1.807) is 0 Å². The molecular formula is C18H22N2O. The molecule has 0 aliphatic rings. The molecule has 0 fully saturated rings. The predicted octanol–water partition coefficient (Wildman–Crippen LogP) is 2.88. The number of hydrogen-bond donors (Lipinski definition) is 2. The van der Waals surface area contributed by atoms with Gasteiger partial charge in [-0.05, 0) is 17.0 Å². The van der Waals surface area contributed by atoms with E-state index in [9.17, 15) is 4.79 Å². The van der Waals surface area contributed by atoms with Crippen LogP contribution in [0.2, 0.25) is 0 Å². The molecule has 0 unspecified atom stereocenters. The third-order valence-corrected chi connectivity index (χ3v) is 3.59. The molecule has 21 heavy (non-hydrogen) atoms. The highest BCUT2D eigenvalue weighted by Gasteiger charge is 2.24. The maximum absolute atomic E-state index is 11.7. The van der Waals surface area contributed by atoms with E-state index in [4.69, 9.17) is 5.73 Å². The molecular weight excluding hydrogens is 260 g/mol. The molecule has 0 aliphatic heterocycles. The van der Waals surface area contributed by atoms with Crippen LogP contribution in [0.5, 0.6) is 0 Å². The van der Waals surface area contributed by atoms with Crippen LogP contribution in [-0.4, -0.2) is 11.9 Å². The Labute approximate surface area is 126 Å². The van der Waals surface area contributed by atoms with Gasteiger partial charge in [-0.25, -0.2) is 0 Å². The Morgan fingerprint density at radius 3 is 1.67 bits per heavy atom. The first-order chi connectivity index (χ1) is 10.1. The van der Waals surface area contributed by atoms with E-state index in [0.717, 1.165) is 11.1 Å². The average Bonchev–Trinajstić information content (AvgIpc) is 2.49. The van der Waals surface area contributed by atoms with Crippen molar-refractivity contribution >= 4 is 5.91 Å². The molecule has 1 atom stereocenters. The number of benzene rings is 2. The molecule has 0 aliphatic carbocycles. The van der Waals surface area contributed by atoms with Crippen LogP contribution in [0.15, 0.2) is 60.7 Å². The number of amides is 1. The lowest BCUT2D eigenvalue weighted by atomic mass is 9.95. The molecule has 0 saturated carbocycles. The van der Waals surface area contributed by atoms with Crippen molar-refractivity contribution in [3.8, 4) is 0 Å². The summed E-state index contributed by atoms with van der Waals surface area (Å²) in [5.74, 6) is -0.181. The van der Waals surface area contributed by atoms with E-state index >= 15 is 0 Å². The quantitative estimate of drug-likeness (QED) is 0.856. The number of nitrogens with one attached hydrogen (secondary N) is 1. The van der Waals surface area contributed by atoms with Gasteiger partial charge in [0.05, 0.1) is 12.1 Å². The number of hydrogen-bond acceptors (Lipinski definition) is 2. The summed E-state index contributed by atoms with van der Waals surface area (Å²) in [5, 5.41) is 3.41. The molecule has 0 radical (unpaired) electrons. The van der Waals surface area contributed by atoms with Gasteiger partial charge in [-0.3, -0.25) is 10.1 Å². The van der Waals surface area contributed by atoms with Gasteiger partial charge in [0.2, 0.25) is 5.91 Å². The van der Waals surface area contributed by atoms with E-state index in [1.165, 1.54) is 0 Å². The minimum absolute atomic E-state index is 0.0488. The zero-order chi connectivity index (χ0) is 15.2. The molecule has 2 rings (SSSR count). The Balaban J connectivity index is 2.35. The molecule has 0 aromatic heterocycles. The lowest BCUT2D eigenvalue weighted by molar-refractivity contribution is -0.121. The second-order valence-corrected chi connectivity index (χ2v) is 5.55. The minimum Gasteiger partial charge on any atom is -0.368 e. The fourth-order valence-electron chi connectivity index (χ4n) is 2.46. The van der Waals surface area contributed by atoms with Crippen molar-refractivity contribution < 1.29 is 4.79 Å². The Hall–Kier alpha value is -2.13. The van der Waals surface area contributed by atoms with Crippen LogP contribution in [0.1, 0.15) is 31.0 Å². The van der Waals surface area contributed by atoms with E-state index in [2.05, 4.69) is 29.6 Å². The summed E-state index contributed by atoms with van der Waals surface area (Å²) in [6.07, 6.45) is 0.